The van der Waals surface area contributed by atoms with Gasteiger partial charge in [-0.05, 0) is 30.9 Å². The molecular weight excluding hydrogens is 250 g/mol. The van der Waals surface area contributed by atoms with E-state index in [0.717, 1.165) is 30.3 Å². The van der Waals surface area contributed by atoms with E-state index in [2.05, 4.69) is 22.2 Å². The highest BCUT2D eigenvalue weighted by molar-refractivity contribution is 5.92. The van der Waals surface area contributed by atoms with Gasteiger partial charge in [0.05, 0.1) is 17.2 Å². The van der Waals surface area contributed by atoms with Gasteiger partial charge < -0.3 is 5.32 Å². The standard InChI is InChI=1S/C16H19N3O/c1-11-6-2-3-7-12(11)16(20)19-15-10-17-13-8-4-5-9-14(13)18-15/h4-5,8-12H,2-3,6-7H2,1H3,(H,18,19,20). The van der Waals surface area contributed by atoms with Crippen LogP contribution in [0.5, 0.6) is 0 Å². The molecule has 0 aliphatic heterocycles. The molecule has 2 unspecified atom stereocenters. The molecule has 1 aromatic heterocycles. The number of nitrogens with zero attached hydrogens (tertiary/aromatic N) is 2. The Balaban J connectivity index is 1.76. The highest BCUT2D eigenvalue weighted by Gasteiger charge is 2.27. The minimum Gasteiger partial charge on any atom is -0.309 e. The normalized spacial score (nSPS) is 22.6. The summed E-state index contributed by atoms with van der Waals surface area (Å²) in [5, 5.41) is 2.92. The molecule has 1 fully saturated rings. The maximum atomic E-state index is 12.3. The van der Waals surface area contributed by atoms with E-state index >= 15 is 0 Å². The van der Waals surface area contributed by atoms with E-state index in [4.69, 9.17) is 0 Å². The zero-order chi connectivity index (χ0) is 13.9. The number of anilines is 1. The van der Waals surface area contributed by atoms with E-state index in [9.17, 15) is 4.79 Å². The largest absolute Gasteiger partial charge is 0.309 e. The van der Waals surface area contributed by atoms with E-state index in [1.165, 1.54) is 6.42 Å². The Morgan fingerprint density at radius 3 is 2.75 bits per heavy atom. The zero-order valence-electron chi connectivity index (χ0n) is 11.7. The summed E-state index contributed by atoms with van der Waals surface area (Å²) in [7, 11) is 0. The summed E-state index contributed by atoms with van der Waals surface area (Å²) in [6, 6.07) is 7.67. The highest BCUT2D eigenvalue weighted by Crippen LogP contribution is 2.30. The Morgan fingerprint density at radius 2 is 1.95 bits per heavy atom. The SMILES string of the molecule is CC1CCCCC1C(=O)Nc1cnc2ccccc2n1. The van der Waals surface area contributed by atoms with Crippen LogP contribution in [0.4, 0.5) is 5.82 Å². The molecule has 2 aromatic rings. The first-order valence-electron chi connectivity index (χ1n) is 7.27. The molecule has 0 bridgehead atoms. The van der Waals surface area contributed by atoms with Crippen LogP contribution in [-0.4, -0.2) is 15.9 Å². The van der Waals surface area contributed by atoms with Gasteiger partial charge in [-0.25, -0.2) is 4.98 Å². The summed E-state index contributed by atoms with van der Waals surface area (Å²) in [6.07, 6.45) is 6.13. The predicted octanol–water partition coefficient (Wildman–Crippen LogP) is 3.39. The van der Waals surface area contributed by atoms with Crippen LogP contribution in [0, 0.1) is 11.8 Å². The third kappa shape index (κ3) is 2.64. The lowest BCUT2D eigenvalue weighted by Gasteiger charge is -2.27. The zero-order valence-corrected chi connectivity index (χ0v) is 11.7. The predicted molar refractivity (Wildman–Crippen MR) is 79.3 cm³/mol. The number of amides is 1. The number of hydrogen-bond acceptors (Lipinski definition) is 3. The summed E-state index contributed by atoms with van der Waals surface area (Å²) in [6.45, 7) is 2.16. The van der Waals surface area contributed by atoms with Gasteiger partial charge in [-0.15, -0.1) is 0 Å². The molecule has 3 rings (SSSR count). The number of aromatic nitrogens is 2. The fourth-order valence-electron chi connectivity index (χ4n) is 2.94. The van der Waals surface area contributed by atoms with E-state index in [0.29, 0.717) is 11.7 Å². The molecule has 1 aromatic carbocycles. The van der Waals surface area contributed by atoms with Gasteiger partial charge in [0, 0.05) is 5.92 Å². The van der Waals surface area contributed by atoms with Gasteiger partial charge >= 0.3 is 0 Å². The Labute approximate surface area is 118 Å². The van der Waals surface area contributed by atoms with Crippen molar-refractivity contribution in [1.29, 1.82) is 0 Å². The Kier molecular flexibility index (Phi) is 3.63. The van der Waals surface area contributed by atoms with Gasteiger partial charge in [0.25, 0.3) is 0 Å². The summed E-state index contributed by atoms with van der Waals surface area (Å²) in [5.74, 6) is 1.20. The molecule has 1 aliphatic rings. The summed E-state index contributed by atoms with van der Waals surface area (Å²) in [5.41, 5.74) is 1.65. The molecule has 0 saturated heterocycles. The smallest absolute Gasteiger partial charge is 0.228 e. The first kappa shape index (κ1) is 13.0. The average molecular weight is 269 g/mol. The van der Waals surface area contributed by atoms with Gasteiger partial charge in [-0.2, -0.15) is 0 Å². The number of fused-ring (bicyclic) bond motifs is 1. The number of carbonyl (C=O) groups is 1. The van der Waals surface area contributed by atoms with E-state index in [1.807, 2.05) is 24.3 Å². The number of nitrogens with one attached hydrogen (secondary N) is 1. The van der Waals surface area contributed by atoms with Crippen molar-refractivity contribution in [3.8, 4) is 0 Å². The van der Waals surface area contributed by atoms with Crippen molar-refractivity contribution >= 4 is 22.8 Å². The lowest BCUT2D eigenvalue weighted by molar-refractivity contribution is -0.122. The van der Waals surface area contributed by atoms with E-state index in [-0.39, 0.29) is 11.8 Å². The summed E-state index contributed by atoms with van der Waals surface area (Å²) < 4.78 is 0. The van der Waals surface area contributed by atoms with Crippen molar-refractivity contribution in [1.82, 2.24) is 9.97 Å². The van der Waals surface area contributed by atoms with Crippen LogP contribution in [0.3, 0.4) is 0 Å². The van der Waals surface area contributed by atoms with Crippen LogP contribution >= 0.6 is 0 Å². The first-order valence-corrected chi connectivity index (χ1v) is 7.27. The van der Waals surface area contributed by atoms with Gasteiger partial charge in [0.1, 0.15) is 0 Å². The van der Waals surface area contributed by atoms with Crippen LogP contribution in [0.15, 0.2) is 30.5 Å². The number of carbonyl (C=O) groups excluding carboxylic acids is 1. The lowest BCUT2D eigenvalue weighted by Crippen LogP contribution is -2.30. The maximum absolute atomic E-state index is 12.3. The van der Waals surface area contributed by atoms with Crippen molar-refractivity contribution in [2.45, 2.75) is 32.6 Å². The quantitative estimate of drug-likeness (QED) is 0.909. The molecule has 1 amide bonds. The third-order valence-electron chi connectivity index (χ3n) is 4.15. The van der Waals surface area contributed by atoms with Crippen LogP contribution in [0.2, 0.25) is 0 Å². The number of para-hydroxylation sites is 2. The minimum atomic E-state index is 0.0850. The monoisotopic (exact) mass is 269 g/mol. The van der Waals surface area contributed by atoms with Crippen LogP contribution < -0.4 is 5.32 Å². The molecule has 0 spiro atoms. The molecule has 1 saturated carbocycles. The molecule has 1 N–H and O–H groups in total. The van der Waals surface area contributed by atoms with Crippen molar-refractivity contribution in [3.63, 3.8) is 0 Å². The number of hydrogen-bond donors (Lipinski definition) is 1. The van der Waals surface area contributed by atoms with E-state index in [1.54, 1.807) is 6.20 Å². The number of rotatable bonds is 2. The Morgan fingerprint density at radius 1 is 1.20 bits per heavy atom. The molecule has 1 aliphatic carbocycles. The Hall–Kier alpha value is -1.97. The van der Waals surface area contributed by atoms with Crippen LogP contribution in [0.25, 0.3) is 11.0 Å². The van der Waals surface area contributed by atoms with Gasteiger partial charge in [-0.1, -0.05) is 31.9 Å². The van der Waals surface area contributed by atoms with Crippen molar-refractivity contribution < 1.29 is 4.79 Å². The second-order valence-electron chi connectivity index (χ2n) is 5.60. The molecule has 0 radical (unpaired) electrons. The molecule has 4 heteroatoms. The van der Waals surface area contributed by atoms with E-state index < -0.39 is 0 Å². The molecule has 2 atom stereocenters. The third-order valence-corrected chi connectivity index (χ3v) is 4.15. The topological polar surface area (TPSA) is 54.9 Å². The first-order chi connectivity index (χ1) is 9.74. The summed E-state index contributed by atoms with van der Waals surface area (Å²) in [4.78, 5) is 21.1. The minimum absolute atomic E-state index is 0.0850. The summed E-state index contributed by atoms with van der Waals surface area (Å²) >= 11 is 0. The molecule has 1 heterocycles. The lowest BCUT2D eigenvalue weighted by atomic mass is 9.80. The van der Waals surface area contributed by atoms with Gasteiger partial charge in [0.2, 0.25) is 5.91 Å². The van der Waals surface area contributed by atoms with Gasteiger partial charge in [-0.3, -0.25) is 9.78 Å². The highest BCUT2D eigenvalue weighted by atomic mass is 16.2. The molecular formula is C16H19N3O. The van der Waals surface area contributed by atoms with Crippen LogP contribution in [0.1, 0.15) is 32.6 Å². The van der Waals surface area contributed by atoms with Crippen molar-refractivity contribution in [2.24, 2.45) is 11.8 Å². The fourth-order valence-corrected chi connectivity index (χ4v) is 2.94. The average Bonchev–Trinajstić information content (AvgIpc) is 2.47. The molecule has 104 valence electrons. The molecule has 20 heavy (non-hydrogen) atoms. The Bertz CT molecular complexity index is 626. The second-order valence-corrected chi connectivity index (χ2v) is 5.60. The number of benzene rings is 1. The van der Waals surface area contributed by atoms with Crippen molar-refractivity contribution in [2.75, 3.05) is 5.32 Å². The second kappa shape index (κ2) is 5.57. The van der Waals surface area contributed by atoms with Gasteiger partial charge in [0.15, 0.2) is 5.82 Å². The maximum Gasteiger partial charge on any atom is 0.228 e. The van der Waals surface area contributed by atoms with Crippen LogP contribution in [-0.2, 0) is 4.79 Å². The molecule has 4 nitrogen and oxygen atoms in total. The fraction of sp³-hybridized carbons (Fsp3) is 0.438. The van der Waals surface area contributed by atoms with Crippen molar-refractivity contribution in [3.05, 3.63) is 30.5 Å².